The van der Waals surface area contributed by atoms with Gasteiger partial charge in [0.25, 0.3) is 5.91 Å². The van der Waals surface area contributed by atoms with Gasteiger partial charge in [-0.1, -0.05) is 54.6 Å². The van der Waals surface area contributed by atoms with E-state index in [1.165, 1.54) is 9.60 Å². The number of amides is 2. The maximum absolute atomic E-state index is 13.5. The molecule has 4 aromatic rings. The first-order valence-corrected chi connectivity index (χ1v) is 10.1. The standard InChI is InChI=1S/C24H17NO2S/c26-23-20-9-5-4-8-19(20)22(18-10-11-21-17(14-18)12-13-28-21)24(27)25(23)15-16-6-2-1-3-7-16/h1-14,22H,15H2. The molecule has 136 valence electrons. The largest absolute Gasteiger partial charge is 0.273 e. The van der Waals surface area contributed by atoms with Crippen molar-refractivity contribution in [1.82, 2.24) is 4.90 Å². The van der Waals surface area contributed by atoms with E-state index in [0.29, 0.717) is 5.56 Å². The number of imide groups is 1. The number of hydrogen-bond donors (Lipinski definition) is 0. The van der Waals surface area contributed by atoms with Crippen molar-refractivity contribution in [3.05, 3.63) is 106 Å². The Labute approximate surface area is 166 Å². The zero-order valence-electron chi connectivity index (χ0n) is 15.0. The van der Waals surface area contributed by atoms with Crippen LogP contribution in [-0.2, 0) is 11.3 Å². The summed E-state index contributed by atoms with van der Waals surface area (Å²) in [5, 5.41) is 3.18. The van der Waals surface area contributed by atoms with Gasteiger partial charge in [-0.25, -0.2) is 0 Å². The maximum Gasteiger partial charge on any atom is 0.261 e. The van der Waals surface area contributed by atoms with Crippen LogP contribution >= 0.6 is 11.3 Å². The molecule has 3 aromatic carbocycles. The topological polar surface area (TPSA) is 37.4 Å². The molecule has 1 aliphatic rings. The molecule has 1 unspecified atom stereocenters. The molecule has 0 fully saturated rings. The number of benzene rings is 3. The van der Waals surface area contributed by atoms with Crippen molar-refractivity contribution in [3.63, 3.8) is 0 Å². The zero-order valence-corrected chi connectivity index (χ0v) is 15.9. The van der Waals surface area contributed by atoms with Crippen LogP contribution in [0.2, 0.25) is 0 Å². The van der Waals surface area contributed by atoms with Crippen molar-refractivity contribution < 1.29 is 9.59 Å². The molecule has 1 atom stereocenters. The number of hydrogen-bond acceptors (Lipinski definition) is 3. The number of fused-ring (bicyclic) bond motifs is 2. The lowest BCUT2D eigenvalue weighted by Crippen LogP contribution is -2.44. The summed E-state index contributed by atoms with van der Waals surface area (Å²) >= 11 is 1.68. The Morgan fingerprint density at radius 3 is 2.50 bits per heavy atom. The van der Waals surface area contributed by atoms with Gasteiger partial charge in [0.05, 0.1) is 12.5 Å². The van der Waals surface area contributed by atoms with Crippen LogP contribution < -0.4 is 0 Å². The summed E-state index contributed by atoms with van der Waals surface area (Å²) in [7, 11) is 0. The third-order valence-electron chi connectivity index (χ3n) is 5.25. The Morgan fingerprint density at radius 1 is 0.857 bits per heavy atom. The first-order chi connectivity index (χ1) is 13.7. The van der Waals surface area contributed by atoms with Crippen LogP contribution in [0.15, 0.2) is 84.2 Å². The number of nitrogens with zero attached hydrogens (tertiary/aromatic N) is 1. The van der Waals surface area contributed by atoms with Crippen molar-refractivity contribution in [1.29, 1.82) is 0 Å². The Morgan fingerprint density at radius 2 is 1.64 bits per heavy atom. The number of carbonyl (C=O) groups is 2. The molecule has 2 amide bonds. The number of carbonyl (C=O) groups excluding carboxylic acids is 2. The van der Waals surface area contributed by atoms with Crippen LogP contribution in [-0.4, -0.2) is 16.7 Å². The van der Waals surface area contributed by atoms with E-state index < -0.39 is 5.92 Å². The van der Waals surface area contributed by atoms with Crippen LogP contribution in [0.25, 0.3) is 10.1 Å². The summed E-state index contributed by atoms with van der Waals surface area (Å²) < 4.78 is 1.19. The van der Waals surface area contributed by atoms with Crippen molar-refractivity contribution in [2.24, 2.45) is 0 Å². The summed E-state index contributed by atoms with van der Waals surface area (Å²) in [6, 6.07) is 25.3. The molecule has 28 heavy (non-hydrogen) atoms. The van der Waals surface area contributed by atoms with E-state index in [9.17, 15) is 9.59 Å². The van der Waals surface area contributed by atoms with Crippen LogP contribution in [0.5, 0.6) is 0 Å². The average Bonchev–Trinajstić information content (AvgIpc) is 3.20. The molecule has 2 heterocycles. The Bertz CT molecular complexity index is 1200. The summed E-state index contributed by atoms with van der Waals surface area (Å²) in [5.41, 5.74) is 3.26. The van der Waals surface area contributed by atoms with Crippen molar-refractivity contribution in [3.8, 4) is 0 Å². The minimum atomic E-state index is -0.470. The van der Waals surface area contributed by atoms with Crippen molar-refractivity contribution in [2.45, 2.75) is 12.5 Å². The first-order valence-electron chi connectivity index (χ1n) is 9.18. The van der Waals surface area contributed by atoms with E-state index in [1.54, 1.807) is 11.3 Å². The highest BCUT2D eigenvalue weighted by Gasteiger charge is 2.39. The molecule has 3 nitrogen and oxygen atoms in total. The fraction of sp³-hybridized carbons (Fsp3) is 0.0833. The smallest absolute Gasteiger partial charge is 0.261 e. The summed E-state index contributed by atoms with van der Waals surface area (Å²) in [6.07, 6.45) is 0. The van der Waals surface area contributed by atoms with E-state index in [2.05, 4.69) is 23.6 Å². The predicted molar refractivity (Wildman–Crippen MR) is 111 cm³/mol. The molecule has 5 rings (SSSR count). The van der Waals surface area contributed by atoms with Gasteiger partial charge in [0.1, 0.15) is 0 Å². The molecular formula is C24H17NO2S. The van der Waals surface area contributed by atoms with Crippen LogP contribution in [0, 0.1) is 0 Å². The molecule has 0 radical (unpaired) electrons. The van der Waals surface area contributed by atoms with Gasteiger partial charge in [-0.15, -0.1) is 11.3 Å². The highest BCUT2D eigenvalue weighted by atomic mass is 32.1. The lowest BCUT2D eigenvalue weighted by atomic mass is 9.83. The molecule has 0 saturated heterocycles. The Balaban J connectivity index is 1.63. The van der Waals surface area contributed by atoms with Crippen LogP contribution in [0.4, 0.5) is 0 Å². The van der Waals surface area contributed by atoms with E-state index in [4.69, 9.17) is 0 Å². The van der Waals surface area contributed by atoms with Gasteiger partial charge in [0, 0.05) is 10.3 Å². The van der Waals surface area contributed by atoms with E-state index >= 15 is 0 Å². The maximum atomic E-state index is 13.5. The van der Waals surface area contributed by atoms with Gasteiger partial charge < -0.3 is 0 Å². The van der Waals surface area contributed by atoms with Gasteiger partial charge in [-0.05, 0) is 51.7 Å². The molecule has 0 spiro atoms. The average molecular weight is 383 g/mol. The van der Waals surface area contributed by atoms with Crippen molar-refractivity contribution in [2.75, 3.05) is 0 Å². The normalized spacial score (nSPS) is 16.4. The molecule has 0 bridgehead atoms. The molecule has 0 saturated carbocycles. The van der Waals surface area contributed by atoms with E-state index in [1.807, 2.05) is 60.7 Å². The molecule has 4 heteroatoms. The summed E-state index contributed by atoms with van der Waals surface area (Å²) in [4.78, 5) is 28.0. The molecule has 0 N–H and O–H groups in total. The highest BCUT2D eigenvalue weighted by Crippen LogP contribution is 2.37. The molecular weight excluding hydrogens is 366 g/mol. The second-order valence-corrected chi connectivity index (χ2v) is 7.90. The van der Waals surface area contributed by atoms with Gasteiger partial charge in [-0.2, -0.15) is 0 Å². The fourth-order valence-electron chi connectivity index (χ4n) is 3.88. The van der Waals surface area contributed by atoms with Gasteiger partial charge in [-0.3, -0.25) is 14.5 Å². The van der Waals surface area contributed by atoms with Gasteiger partial charge in [0.15, 0.2) is 0 Å². The number of thiophene rings is 1. The lowest BCUT2D eigenvalue weighted by Gasteiger charge is -2.33. The fourth-order valence-corrected chi connectivity index (χ4v) is 4.65. The monoisotopic (exact) mass is 383 g/mol. The quantitative estimate of drug-likeness (QED) is 0.455. The molecule has 1 aliphatic heterocycles. The Hall–Kier alpha value is -3.24. The second-order valence-electron chi connectivity index (χ2n) is 6.95. The third-order valence-corrected chi connectivity index (χ3v) is 6.15. The second kappa shape index (κ2) is 6.73. The SMILES string of the molecule is O=C1c2ccccc2C(c2ccc3sccc3c2)C(=O)N1Cc1ccccc1. The van der Waals surface area contributed by atoms with E-state index in [0.717, 1.165) is 22.1 Å². The first kappa shape index (κ1) is 16.9. The lowest BCUT2D eigenvalue weighted by molar-refractivity contribution is -0.130. The molecule has 0 aliphatic carbocycles. The van der Waals surface area contributed by atoms with Gasteiger partial charge >= 0.3 is 0 Å². The highest BCUT2D eigenvalue weighted by molar-refractivity contribution is 7.17. The minimum absolute atomic E-state index is 0.165. The Kier molecular flexibility index (Phi) is 4.06. The predicted octanol–water partition coefficient (Wildman–Crippen LogP) is 5.22. The van der Waals surface area contributed by atoms with Crippen LogP contribution in [0.3, 0.4) is 0 Å². The summed E-state index contributed by atoms with van der Waals surface area (Å²) in [6.45, 7) is 0.282. The summed E-state index contributed by atoms with van der Waals surface area (Å²) in [5.74, 6) is -0.860. The van der Waals surface area contributed by atoms with Gasteiger partial charge in [0.2, 0.25) is 5.91 Å². The van der Waals surface area contributed by atoms with Crippen molar-refractivity contribution >= 4 is 33.2 Å². The third kappa shape index (κ3) is 2.74. The zero-order chi connectivity index (χ0) is 19.1. The minimum Gasteiger partial charge on any atom is -0.273 e. The molecule has 1 aromatic heterocycles. The van der Waals surface area contributed by atoms with E-state index in [-0.39, 0.29) is 18.4 Å². The number of rotatable bonds is 3. The van der Waals surface area contributed by atoms with Crippen LogP contribution in [0.1, 0.15) is 33.0 Å².